The summed E-state index contributed by atoms with van der Waals surface area (Å²) in [6.07, 6.45) is -0.515. The summed E-state index contributed by atoms with van der Waals surface area (Å²) in [5.41, 5.74) is 2.13. The van der Waals surface area contributed by atoms with Crippen LogP contribution in [-0.2, 0) is 0 Å². The Hall–Kier alpha value is -1.35. The van der Waals surface area contributed by atoms with Gasteiger partial charge in [0.15, 0.2) is 0 Å². The van der Waals surface area contributed by atoms with Gasteiger partial charge >= 0.3 is 0 Å². The molecule has 0 aliphatic heterocycles. The van der Waals surface area contributed by atoms with Crippen molar-refractivity contribution >= 4 is 12.4 Å². The molecule has 1 N–H and O–H groups in total. The monoisotopic (exact) mass is 305 g/mol. The largest absolute Gasteiger partial charge is 0.386 e. The fourth-order valence-corrected chi connectivity index (χ4v) is 2.69. The predicted octanol–water partition coefficient (Wildman–Crippen LogP) is 4.22. The zero-order valence-electron chi connectivity index (χ0n) is 12.6. The maximum atomic E-state index is 10.8. The number of nitrogens with zero attached hydrogens (tertiary/aromatic N) is 1. The fraction of sp³-hybridized carbons (Fsp3) is 0.333. The van der Waals surface area contributed by atoms with Gasteiger partial charge in [0.2, 0.25) is 0 Å². The lowest BCUT2D eigenvalue weighted by Gasteiger charge is -2.34. The fourth-order valence-electron chi connectivity index (χ4n) is 2.69. The van der Waals surface area contributed by atoms with Crippen LogP contribution >= 0.6 is 12.4 Å². The van der Waals surface area contributed by atoms with Gasteiger partial charge in [-0.3, -0.25) is 4.90 Å². The van der Waals surface area contributed by atoms with Crippen molar-refractivity contribution in [2.24, 2.45) is 0 Å². The van der Waals surface area contributed by atoms with Crippen molar-refractivity contribution in [2.45, 2.75) is 26.0 Å². The van der Waals surface area contributed by atoms with Crippen LogP contribution in [0.1, 0.15) is 37.1 Å². The van der Waals surface area contributed by atoms with Crippen LogP contribution in [0.15, 0.2) is 60.7 Å². The number of rotatable bonds is 6. The second-order valence-corrected chi connectivity index (χ2v) is 4.93. The Morgan fingerprint density at radius 1 is 0.810 bits per heavy atom. The smallest absolute Gasteiger partial charge is 0.0986 e. The average Bonchev–Trinajstić information content (AvgIpc) is 2.53. The zero-order valence-corrected chi connectivity index (χ0v) is 13.5. The van der Waals surface area contributed by atoms with E-state index in [9.17, 15) is 5.11 Å². The first-order chi connectivity index (χ1) is 9.77. The third-order valence-electron chi connectivity index (χ3n) is 3.79. The van der Waals surface area contributed by atoms with Crippen LogP contribution in [0, 0.1) is 0 Å². The number of halogens is 1. The summed E-state index contributed by atoms with van der Waals surface area (Å²) in [4.78, 5) is 2.30. The molecule has 0 saturated carbocycles. The number of likely N-dealkylation sites (N-methyl/N-ethyl adjacent to an activating group) is 1. The molecule has 114 valence electrons. The van der Waals surface area contributed by atoms with Crippen LogP contribution < -0.4 is 0 Å². The van der Waals surface area contributed by atoms with E-state index in [0.717, 1.165) is 24.2 Å². The Labute approximate surface area is 133 Å². The summed E-state index contributed by atoms with van der Waals surface area (Å²) in [6, 6.07) is 20.2. The van der Waals surface area contributed by atoms with Gasteiger partial charge in [0.1, 0.15) is 0 Å². The Balaban J connectivity index is 0.00000220. The maximum absolute atomic E-state index is 10.8. The summed E-state index contributed by atoms with van der Waals surface area (Å²) in [5.74, 6) is 0. The predicted molar refractivity (Wildman–Crippen MR) is 90.8 cm³/mol. The summed E-state index contributed by atoms with van der Waals surface area (Å²) in [6.45, 7) is 6.11. The molecule has 0 fully saturated rings. The molecule has 0 aliphatic rings. The summed E-state index contributed by atoms with van der Waals surface area (Å²) in [5, 5.41) is 10.8. The quantitative estimate of drug-likeness (QED) is 0.863. The highest BCUT2D eigenvalue weighted by Gasteiger charge is 2.26. The average molecular weight is 306 g/mol. The van der Waals surface area contributed by atoms with Gasteiger partial charge in [0.05, 0.1) is 12.1 Å². The third-order valence-corrected chi connectivity index (χ3v) is 3.79. The maximum Gasteiger partial charge on any atom is 0.0986 e. The molecule has 3 heteroatoms. The highest BCUT2D eigenvalue weighted by atomic mass is 35.5. The standard InChI is InChI=1S/C18H23NO.ClH/c1-3-19(4-2)17(15-11-7-5-8-12-15)18(20)16-13-9-6-10-14-16;/h5-14,17-18,20H,3-4H2,1-2H3;1H. The number of aliphatic hydroxyl groups is 1. The SMILES string of the molecule is CCN(CC)C(c1ccccc1)C(O)c1ccccc1.Cl. The van der Waals surface area contributed by atoms with E-state index >= 15 is 0 Å². The van der Waals surface area contributed by atoms with E-state index in [1.165, 1.54) is 0 Å². The first kappa shape index (κ1) is 17.7. The molecule has 2 aromatic carbocycles. The molecular weight excluding hydrogens is 282 g/mol. The lowest BCUT2D eigenvalue weighted by Crippen LogP contribution is -2.32. The minimum Gasteiger partial charge on any atom is -0.386 e. The first-order valence-electron chi connectivity index (χ1n) is 7.30. The van der Waals surface area contributed by atoms with Gasteiger partial charge in [-0.2, -0.15) is 0 Å². The van der Waals surface area contributed by atoms with E-state index in [-0.39, 0.29) is 18.4 Å². The topological polar surface area (TPSA) is 23.5 Å². The molecule has 2 aromatic rings. The lowest BCUT2D eigenvalue weighted by molar-refractivity contribution is 0.0528. The number of benzene rings is 2. The molecule has 0 amide bonds. The molecule has 0 saturated heterocycles. The van der Waals surface area contributed by atoms with Gasteiger partial charge in [-0.05, 0) is 24.2 Å². The van der Waals surface area contributed by atoms with Gasteiger partial charge < -0.3 is 5.11 Å². The summed E-state index contributed by atoms with van der Waals surface area (Å²) in [7, 11) is 0. The van der Waals surface area contributed by atoms with Crippen molar-refractivity contribution in [3.05, 3.63) is 71.8 Å². The Morgan fingerprint density at radius 3 is 1.67 bits per heavy atom. The molecule has 0 spiro atoms. The van der Waals surface area contributed by atoms with Crippen molar-refractivity contribution in [3.8, 4) is 0 Å². The molecule has 2 rings (SSSR count). The molecule has 0 aromatic heterocycles. The highest BCUT2D eigenvalue weighted by molar-refractivity contribution is 5.85. The van der Waals surface area contributed by atoms with Gasteiger partial charge in [0.25, 0.3) is 0 Å². The van der Waals surface area contributed by atoms with Crippen LogP contribution in [-0.4, -0.2) is 23.1 Å². The van der Waals surface area contributed by atoms with E-state index in [1.807, 2.05) is 48.5 Å². The van der Waals surface area contributed by atoms with E-state index < -0.39 is 6.10 Å². The van der Waals surface area contributed by atoms with Crippen molar-refractivity contribution in [3.63, 3.8) is 0 Å². The minimum absolute atomic E-state index is 0. The molecule has 21 heavy (non-hydrogen) atoms. The third kappa shape index (κ3) is 4.31. The molecule has 2 atom stereocenters. The first-order valence-corrected chi connectivity index (χ1v) is 7.30. The van der Waals surface area contributed by atoms with E-state index in [1.54, 1.807) is 0 Å². The van der Waals surface area contributed by atoms with Gasteiger partial charge in [-0.25, -0.2) is 0 Å². The van der Waals surface area contributed by atoms with Gasteiger partial charge in [-0.1, -0.05) is 74.5 Å². The van der Waals surface area contributed by atoms with Crippen LogP contribution in [0.4, 0.5) is 0 Å². The Kier molecular flexibility index (Phi) is 7.44. The van der Waals surface area contributed by atoms with E-state index in [2.05, 4.69) is 30.9 Å². The number of hydrogen-bond acceptors (Lipinski definition) is 2. The number of aliphatic hydroxyl groups excluding tert-OH is 1. The van der Waals surface area contributed by atoms with Crippen molar-refractivity contribution in [2.75, 3.05) is 13.1 Å². The molecule has 0 heterocycles. The normalized spacial score (nSPS) is 13.5. The van der Waals surface area contributed by atoms with E-state index in [4.69, 9.17) is 0 Å². The Morgan fingerprint density at radius 2 is 1.24 bits per heavy atom. The molecule has 0 bridgehead atoms. The molecule has 2 unspecified atom stereocenters. The van der Waals surface area contributed by atoms with Crippen molar-refractivity contribution < 1.29 is 5.11 Å². The molecular formula is C18H24ClNO. The van der Waals surface area contributed by atoms with E-state index in [0.29, 0.717) is 0 Å². The van der Waals surface area contributed by atoms with Crippen LogP contribution in [0.3, 0.4) is 0 Å². The highest BCUT2D eigenvalue weighted by Crippen LogP contribution is 2.33. The van der Waals surface area contributed by atoms with Gasteiger partial charge in [-0.15, -0.1) is 12.4 Å². The zero-order chi connectivity index (χ0) is 14.4. The van der Waals surface area contributed by atoms with Gasteiger partial charge in [0, 0.05) is 0 Å². The summed E-state index contributed by atoms with van der Waals surface area (Å²) < 4.78 is 0. The minimum atomic E-state index is -0.515. The van der Waals surface area contributed by atoms with Crippen LogP contribution in [0.5, 0.6) is 0 Å². The van der Waals surface area contributed by atoms with Crippen LogP contribution in [0.25, 0.3) is 0 Å². The number of hydrogen-bond donors (Lipinski definition) is 1. The van der Waals surface area contributed by atoms with Crippen molar-refractivity contribution in [1.82, 2.24) is 4.90 Å². The van der Waals surface area contributed by atoms with Crippen molar-refractivity contribution in [1.29, 1.82) is 0 Å². The second-order valence-electron chi connectivity index (χ2n) is 4.93. The van der Waals surface area contributed by atoms with Crippen LogP contribution in [0.2, 0.25) is 0 Å². The molecule has 0 radical (unpaired) electrons. The molecule has 0 aliphatic carbocycles. The molecule has 2 nitrogen and oxygen atoms in total. The second kappa shape index (κ2) is 8.83. The summed E-state index contributed by atoms with van der Waals surface area (Å²) >= 11 is 0. The Bertz CT molecular complexity index is 499. The lowest BCUT2D eigenvalue weighted by atomic mass is 9.94.